The molecule has 1 aromatic heterocycles. The molecule has 0 radical (unpaired) electrons. The lowest BCUT2D eigenvalue weighted by atomic mass is 10.1. The second kappa shape index (κ2) is 5.21. The van der Waals surface area contributed by atoms with E-state index in [1.165, 1.54) is 6.92 Å². The Kier molecular flexibility index (Phi) is 3.45. The Labute approximate surface area is 99.3 Å². The van der Waals surface area contributed by atoms with Crippen molar-refractivity contribution in [3.05, 3.63) is 54.1 Å². The minimum atomic E-state index is 0.0198. The van der Waals surface area contributed by atoms with Crippen molar-refractivity contribution in [2.75, 3.05) is 0 Å². The highest BCUT2D eigenvalue weighted by atomic mass is 16.5. The van der Waals surface area contributed by atoms with Gasteiger partial charge in [-0.1, -0.05) is 12.1 Å². The van der Waals surface area contributed by atoms with Gasteiger partial charge >= 0.3 is 0 Å². The van der Waals surface area contributed by atoms with Gasteiger partial charge in [0.25, 0.3) is 0 Å². The Morgan fingerprint density at radius 2 is 2.00 bits per heavy atom. The number of Topliss-reactive ketones (excluding diaryl/α,β-unsaturated/α-hetero) is 1. The predicted molar refractivity (Wildman–Crippen MR) is 62.8 cm³/mol. The molecule has 1 heterocycles. The standard InChI is InChI=1S/C13H12N2O2/c1-10(16)11-4-2-5-12(8-11)17-9-13-14-6-3-7-15-13/h2-8H,9H2,1H3. The van der Waals surface area contributed by atoms with Gasteiger partial charge in [-0.05, 0) is 25.1 Å². The molecule has 2 rings (SSSR count). The van der Waals surface area contributed by atoms with Crippen molar-refractivity contribution in [1.82, 2.24) is 9.97 Å². The van der Waals surface area contributed by atoms with Crippen LogP contribution in [-0.4, -0.2) is 15.8 Å². The van der Waals surface area contributed by atoms with Gasteiger partial charge in [0, 0.05) is 18.0 Å². The van der Waals surface area contributed by atoms with Gasteiger partial charge in [0.1, 0.15) is 12.4 Å². The molecular formula is C13H12N2O2. The van der Waals surface area contributed by atoms with Crippen molar-refractivity contribution in [3.8, 4) is 5.75 Å². The number of carbonyl (C=O) groups is 1. The molecular weight excluding hydrogens is 216 g/mol. The van der Waals surface area contributed by atoms with Crippen molar-refractivity contribution in [3.63, 3.8) is 0 Å². The summed E-state index contributed by atoms with van der Waals surface area (Å²) >= 11 is 0. The number of aromatic nitrogens is 2. The zero-order valence-corrected chi connectivity index (χ0v) is 9.46. The first-order chi connectivity index (χ1) is 8.25. The fraction of sp³-hybridized carbons (Fsp3) is 0.154. The van der Waals surface area contributed by atoms with E-state index in [-0.39, 0.29) is 5.78 Å². The Balaban J connectivity index is 2.04. The van der Waals surface area contributed by atoms with Crippen molar-refractivity contribution in [1.29, 1.82) is 0 Å². The maximum Gasteiger partial charge on any atom is 0.166 e. The van der Waals surface area contributed by atoms with Crippen molar-refractivity contribution in [2.45, 2.75) is 13.5 Å². The molecule has 4 nitrogen and oxygen atoms in total. The quantitative estimate of drug-likeness (QED) is 0.753. The number of carbonyl (C=O) groups excluding carboxylic acids is 1. The summed E-state index contributed by atoms with van der Waals surface area (Å²) in [5, 5.41) is 0. The lowest BCUT2D eigenvalue weighted by Crippen LogP contribution is -2.01. The van der Waals surface area contributed by atoms with E-state index in [9.17, 15) is 4.79 Å². The Morgan fingerprint density at radius 1 is 1.24 bits per heavy atom. The van der Waals surface area contributed by atoms with E-state index in [1.807, 2.05) is 0 Å². The van der Waals surface area contributed by atoms with Crippen LogP contribution in [0.4, 0.5) is 0 Å². The molecule has 0 spiro atoms. The largest absolute Gasteiger partial charge is 0.486 e. The minimum Gasteiger partial charge on any atom is -0.486 e. The van der Waals surface area contributed by atoms with Crippen LogP contribution in [0.15, 0.2) is 42.7 Å². The third kappa shape index (κ3) is 3.11. The van der Waals surface area contributed by atoms with Gasteiger partial charge < -0.3 is 4.74 Å². The summed E-state index contributed by atoms with van der Waals surface area (Å²) in [5.74, 6) is 1.28. The summed E-state index contributed by atoms with van der Waals surface area (Å²) < 4.78 is 5.51. The Hall–Kier alpha value is -2.23. The molecule has 0 atom stereocenters. The molecule has 17 heavy (non-hydrogen) atoms. The summed E-state index contributed by atoms with van der Waals surface area (Å²) in [4.78, 5) is 19.3. The molecule has 0 saturated carbocycles. The van der Waals surface area contributed by atoms with Crippen LogP contribution >= 0.6 is 0 Å². The van der Waals surface area contributed by atoms with E-state index in [2.05, 4.69) is 9.97 Å². The number of ketones is 1. The van der Waals surface area contributed by atoms with Gasteiger partial charge in [-0.3, -0.25) is 4.79 Å². The number of ether oxygens (including phenoxy) is 1. The summed E-state index contributed by atoms with van der Waals surface area (Å²) in [6.45, 7) is 1.82. The molecule has 0 aliphatic rings. The fourth-order valence-electron chi connectivity index (χ4n) is 1.36. The van der Waals surface area contributed by atoms with Crippen LogP contribution in [-0.2, 0) is 6.61 Å². The molecule has 0 aliphatic carbocycles. The van der Waals surface area contributed by atoms with E-state index in [1.54, 1.807) is 42.7 Å². The zero-order chi connectivity index (χ0) is 12.1. The van der Waals surface area contributed by atoms with E-state index in [0.29, 0.717) is 23.7 Å². The van der Waals surface area contributed by atoms with Gasteiger partial charge in [0.05, 0.1) is 0 Å². The van der Waals surface area contributed by atoms with Crippen molar-refractivity contribution in [2.24, 2.45) is 0 Å². The SMILES string of the molecule is CC(=O)c1cccc(OCc2ncccn2)c1. The van der Waals surface area contributed by atoms with E-state index in [0.717, 1.165) is 0 Å². The van der Waals surface area contributed by atoms with E-state index >= 15 is 0 Å². The molecule has 1 aromatic carbocycles. The molecule has 4 heteroatoms. The molecule has 0 fully saturated rings. The van der Waals surface area contributed by atoms with Gasteiger partial charge in [-0.2, -0.15) is 0 Å². The number of hydrogen-bond acceptors (Lipinski definition) is 4. The predicted octanol–water partition coefficient (Wildman–Crippen LogP) is 2.26. The highest BCUT2D eigenvalue weighted by Gasteiger charge is 2.02. The molecule has 0 N–H and O–H groups in total. The molecule has 0 bridgehead atoms. The lowest BCUT2D eigenvalue weighted by molar-refractivity contribution is 0.101. The Bertz CT molecular complexity index is 512. The minimum absolute atomic E-state index is 0.0198. The van der Waals surface area contributed by atoms with Crippen LogP contribution in [0.2, 0.25) is 0 Å². The second-order valence-electron chi connectivity index (χ2n) is 3.54. The third-order valence-electron chi connectivity index (χ3n) is 2.23. The fourth-order valence-corrected chi connectivity index (χ4v) is 1.36. The summed E-state index contributed by atoms with van der Waals surface area (Å²) in [5.41, 5.74) is 0.636. The number of rotatable bonds is 4. The van der Waals surface area contributed by atoms with Gasteiger partial charge in [-0.25, -0.2) is 9.97 Å². The Morgan fingerprint density at radius 3 is 2.71 bits per heavy atom. The van der Waals surface area contributed by atoms with Crippen LogP contribution in [0.1, 0.15) is 23.1 Å². The van der Waals surface area contributed by atoms with Crippen molar-refractivity contribution < 1.29 is 9.53 Å². The summed E-state index contributed by atoms with van der Waals surface area (Å²) in [7, 11) is 0. The van der Waals surface area contributed by atoms with Crippen LogP contribution in [0.3, 0.4) is 0 Å². The number of benzene rings is 1. The maximum absolute atomic E-state index is 11.2. The average molecular weight is 228 g/mol. The molecule has 0 aliphatic heterocycles. The van der Waals surface area contributed by atoms with Gasteiger partial charge in [0.15, 0.2) is 11.6 Å². The van der Waals surface area contributed by atoms with E-state index in [4.69, 9.17) is 4.74 Å². The summed E-state index contributed by atoms with van der Waals surface area (Å²) in [6, 6.07) is 8.81. The first kappa shape index (κ1) is 11.3. The first-order valence-electron chi connectivity index (χ1n) is 5.25. The molecule has 0 saturated heterocycles. The van der Waals surface area contributed by atoms with E-state index < -0.39 is 0 Å². The number of hydrogen-bond donors (Lipinski definition) is 0. The topological polar surface area (TPSA) is 52.1 Å². The first-order valence-corrected chi connectivity index (χ1v) is 5.25. The molecule has 0 amide bonds. The maximum atomic E-state index is 11.2. The average Bonchev–Trinajstić information content (AvgIpc) is 2.38. The second-order valence-corrected chi connectivity index (χ2v) is 3.54. The molecule has 2 aromatic rings. The zero-order valence-electron chi connectivity index (χ0n) is 9.46. The van der Waals surface area contributed by atoms with Crippen LogP contribution in [0, 0.1) is 0 Å². The van der Waals surface area contributed by atoms with Crippen LogP contribution < -0.4 is 4.74 Å². The van der Waals surface area contributed by atoms with Crippen molar-refractivity contribution >= 4 is 5.78 Å². The summed E-state index contributed by atoms with van der Waals surface area (Å²) in [6.07, 6.45) is 3.33. The third-order valence-corrected chi connectivity index (χ3v) is 2.23. The highest BCUT2D eigenvalue weighted by Crippen LogP contribution is 2.14. The molecule has 86 valence electrons. The normalized spacial score (nSPS) is 9.94. The van der Waals surface area contributed by atoms with Gasteiger partial charge in [-0.15, -0.1) is 0 Å². The van der Waals surface area contributed by atoms with Crippen LogP contribution in [0.5, 0.6) is 5.75 Å². The van der Waals surface area contributed by atoms with Gasteiger partial charge in [0.2, 0.25) is 0 Å². The molecule has 0 unspecified atom stereocenters. The number of nitrogens with zero attached hydrogens (tertiary/aromatic N) is 2. The highest BCUT2D eigenvalue weighted by molar-refractivity contribution is 5.94. The monoisotopic (exact) mass is 228 g/mol. The lowest BCUT2D eigenvalue weighted by Gasteiger charge is -2.05. The smallest absolute Gasteiger partial charge is 0.166 e. The van der Waals surface area contributed by atoms with Crippen LogP contribution in [0.25, 0.3) is 0 Å².